The van der Waals surface area contributed by atoms with Crippen LogP contribution < -0.4 is 10.1 Å². The number of rotatable bonds is 3. The van der Waals surface area contributed by atoms with Crippen molar-refractivity contribution < 1.29 is 9.53 Å². The van der Waals surface area contributed by atoms with Gasteiger partial charge in [0, 0.05) is 24.9 Å². The zero-order valence-corrected chi connectivity index (χ0v) is 10.4. The van der Waals surface area contributed by atoms with Crippen molar-refractivity contribution >= 4 is 17.5 Å². The van der Waals surface area contributed by atoms with Gasteiger partial charge < -0.3 is 10.1 Å². The topological polar surface area (TPSA) is 51.2 Å². The maximum absolute atomic E-state index is 11.3. The molecule has 0 radical (unpaired) electrons. The predicted molar refractivity (Wildman–Crippen MR) is 69.2 cm³/mol. The van der Waals surface area contributed by atoms with Gasteiger partial charge in [0.2, 0.25) is 5.88 Å². The molecular formula is C13H11ClN2O2. The summed E-state index contributed by atoms with van der Waals surface area (Å²) in [6, 6.07) is 10.2. The molecule has 0 saturated carbocycles. The number of nitrogens with zero attached hydrogens (tertiary/aromatic N) is 1. The van der Waals surface area contributed by atoms with Crippen LogP contribution in [0, 0.1) is 0 Å². The minimum absolute atomic E-state index is 0.133. The predicted octanol–water partition coefficient (Wildman–Crippen LogP) is 2.89. The van der Waals surface area contributed by atoms with Crippen molar-refractivity contribution in [2.75, 3.05) is 7.05 Å². The SMILES string of the molecule is CNC(=O)c1ccc(Oc2ccc(Cl)cn2)cc1. The average Bonchev–Trinajstić information content (AvgIpc) is 2.41. The van der Waals surface area contributed by atoms with Gasteiger partial charge in [-0.05, 0) is 30.3 Å². The van der Waals surface area contributed by atoms with E-state index in [0.29, 0.717) is 22.2 Å². The van der Waals surface area contributed by atoms with Gasteiger partial charge in [0.15, 0.2) is 0 Å². The molecule has 5 heteroatoms. The van der Waals surface area contributed by atoms with E-state index in [1.165, 1.54) is 6.20 Å². The lowest BCUT2D eigenvalue weighted by atomic mass is 10.2. The standard InChI is InChI=1S/C13H11ClN2O2/c1-15-13(17)9-2-5-11(6-3-9)18-12-7-4-10(14)8-16-12/h2-8H,1H3,(H,15,17). The third-order valence-electron chi connectivity index (χ3n) is 2.27. The largest absolute Gasteiger partial charge is 0.439 e. The molecular weight excluding hydrogens is 252 g/mol. The Hall–Kier alpha value is -2.07. The van der Waals surface area contributed by atoms with Gasteiger partial charge in [0.05, 0.1) is 5.02 Å². The van der Waals surface area contributed by atoms with E-state index in [-0.39, 0.29) is 5.91 Å². The van der Waals surface area contributed by atoms with Gasteiger partial charge in [0.25, 0.3) is 5.91 Å². The zero-order chi connectivity index (χ0) is 13.0. The molecule has 1 amide bonds. The van der Waals surface area contributed by atoms with E-state index in [0.717, 1.165) is 0 Å². The van der Waals surface area contributed by atoms with E-state index < -0.39 is 0 Å². The maximum Gasteiger partial charge on any atom is 0.251 e. The highest BCUT2D eigenvalue weighted by Crippen LogP contribution is 2.20. The van der Waals surface area contributed by atoms with E-state index >= 15 is 0 Å². The second-order valence-corrected chi connectivity index (χ2v) is 3.96. The van der Waals surface area contributed by atoms with Crippen molar-refractivity contribution in [2.24, 2.45) is 0 Å². The lowest BCUT2D eigenvalue weighted by molar-refractivity contribution is 0.0963. The number of pyridine rings is 1. The molecule has 1 aromatic heterocycles. The van der Waals surface area contributed by atoms with Crippen LogP contribution in [0.15, 0.2) is 42.6 Å². The Labute approximate surface area is 110 Å². The normalized spacial score (nSPS) is 9.89. The number of hydrogen-bond acceptors (Lipinski definition) is 3. The van der Waals surface area contributed by atoms with E-state index in [2.05, 4.69) is 10.3 Å². The number of halogens is 1. The van der Waals surface area contributed by atoms with Gasteiger partial charge in [-0.2, -0.15) is 0 Å². The van der Waals surface area contributed by atoms with Gasteiger partial charge in [0.1, 0.15) is 5.75 Å². The van der Waals surface area contributed by atoms with Gasteiger partial charge in [-0.3, -0.25) is 4.79 Å². The van der Waals surface area contributed by atoms with Crippen molar-refractivity contribution in [3.05, 3.63) is 53.2 Å². The molecule has 18 heavy (non-hydrogen) atoms. The second kappa shape index (κ2) is 5.51. The number of carbonyl (C=O) groups is 1. The molecule has 2 aromatic rings. The molecule has 0 aliphatic carbocycles. The van der Waals surface area contributed by atoms with Crippen molar-refractivity contribution in [3.8, 4) is 11.6 Å². The number of carbonyl (C=O) groups excluding carboxylic acids is 1. The number of nitrogens with one attached hydrogen (secondary N) is 1. The highest BCUT2D eigenvalue weighted by molar-refractivity contribution is 6.30. The summed E-state index contributed by atoms with van der Waals surface area (Å²) in [6.45, 7) is 0. The van der Waals surface area contributed by atoms with Crippen LogP contribution in [-0.4, -0.2) is 17.9 Å². The first-order valence-electron chi connectivity index (χ1n) is 5.30. The molecule has 0 saturated heterocycles. The van der Waals surface area contributed by atoms with Crippen molar-refractivity contribution in [2.45, 2.75) is 0 Å². The third-order valence-corrected chi connectivity index (χ3v) is 2.49. The van der Waals surface area contributed by atoms with Gasteiger partial charge in [-0.25, -0.2) is 4.98 Å². The minimum Gasteiger partial charge on any atom is -0.439 e. The van der Waals surface area contributed by atoms with Crippen LogP contribution in [0.5, 0.6) is 11.6 Å². The Morgan fingerprint density at radius 1 is 1.22 bits per heavy atom. The Bertz CT molecular complexity index is 538. The molecule has 0 fully saturated rings. The average molecular weight is 263 g/mol. The summed E-state index contributed by atoms with van der Waals surface area (Å²) < 4.78 is 5.50. The van der Waals surface area contributed by atoms with Crippen LogP contribution in [-0.2, 0) is 0 Å². The molecule has 92 valence electrons. The highest BCUT2D eigenvalue weighted by atomic mass is 35.5. The molecule has 0 unspecified atom stereocenters. The summed E-state index contributed by atoms with van der Waals surface area (Å²) in [5, 5.41) is 3.10. The lowest BCUT2D eigenvalue weighted by Gasteiger charge is -2.05. The second-order valence-electron chi connectivity index (χ2n) is 3.52. The Morgan fingerprint density at radius 2 is 1.94 bits per heavy atom. The van der Waals surface area contributed by atoms with E-state index in [1.54, 1.807) is 43.4 Å². The molecule has 0 spiro atoms. The fraction of sp³-hybridized carbons (Fsp3) is 0.0769. The number of ether oxygens (including phenoxy) is 1. The molecule has 2 rings (SSSR count). The Kier molecular flexibility index (Phi) is 3.79. The van der Waals surface area contributed by atoms with Crippen LogP contribution in [0.1, 0.15) is 10.4 Å². The molecule has 0 bridgehead atoms. The highest BCUT2D eigenvalue weighted by Gasteiger charge is 2.03. The molecule has 1 heterocycles. The number of aromatic nitrogens is 1. The fourth-order valence-corrected chi connectivity index (χ4v) is 1.47. The molecule has 0 aliphatic heterocycles. The van der Waals surface area contributed by atoms with E-state index in [1.807, 2.05) is 0 Å². The monoisotopic (exact) mass is 262 g/mol. The van der Waals surface area contributed by atoms with Gasteiger partial charge >= 0.3 is 0 Å². The van der Waals surface area contributed by atoms with Gasteiger partial charge in [-0.1, -0.05) is 11.6 Å². The lowest BCUT2D eigenvalue weighted by Crippen LogP contribution is -2.17. The molecule has 4 nitrogen and oxygen atoms in total. The van der Waals surface area contributed by atoms with Crippen molar-refractivity contribution in [1.82, 2.24) is 10.3 Å². The fourth-order valence-electron chi connectivity index (χ4n) is 1.36. The number of hydrogen-bond donors (Lipinski definition) is 1. The smallest absolute Gasteiger partial charge is 0.251 e. The molecule has 1 aromatic carbocycles. The zero-order valence-electron chi connectivity index (χ0n) is 9.68. The maximum atomic E-state index is 11.3. The van der Waals surface area contributed by atoms with Crippen LogP contribution in [0.2, 0.25) is 5.02 Å². The summed E-state index contributed by atoms with van der Waals surface area (Å²) in [7, 11) is 1.59. The summed E-state index contributed by atoms with van der Waals surface area (Å²) in [4.78, 5) is 15.4. The Morgan fingerprint density at radius 3 is 2.50 bits per heavy atom. The molecule has 0 aliphatic rings. The Balaban J connectivity index is 2.10. The van der Waals surface area contributed by atoms with Crippen LogP contribution in [0.3, 0.4) is 0 Å². The van der Waals surface area contributed by atoms with Crippen molar-refractivity contribution in [1.29, 1.82) is 0 Å². The molecule has 1 N–H and O–H groups in total. The summed E-state index contributed by atoms with van der Waals surface area (Å²) in [6.07, 6.45) is 1.51. The van der Waals surface area contributed by atoms with Crippen LogP contribution in [0.4, 0.5) is 0 Å². The number of benzene rings is 1. The van der Waals surface area contributed by atoms with Crippen LogP contribution >= 0.6 is 11.6 Å². The quantitative estimate of drug-likeness (QED) is 0.925. The molecule has 0 atom stereocenters. The van der Waals surface area contributed by atoms with Crippen LogP contribution in [0.25, 0.3) is 0 Å². The first-order valence-corrected chi connectivity index (χ1v) is 5.68. The van der Waals surface area contributed by atoms with Crippen molar-refractivity contribution in [3.63, 3.8) is 0 Å². The number of amides is 1. The summed E-state index contributed by atoms with van der Waals surface area (Å²) in [5.41, 5.74) is 0.578. The van der Waals surface area contributed by atoms with E-state index in [9.17, 15) is 4.79 Å². The van der Waals surface area contributed by atoms with E-state index in [4.69, 9.17) is 16.3 Å². The van der Waals surface area contributed by atoms with Gasteiger partial charge in [-0.15, -0.1) is 0 Å². The third kappa shape index (κ3) is 2.99. The minimum atomic E-state index is -0.133. The first-order chi connectivity index (χ1) is 8.69. The summed E-state index contributed by atoms with van der Waals surface area (Å²) in [5.74, 6) is 0.927. The first kappa shape index (κ1) is 12.4. The summed E-state index contributed by atoms with van der Waals surface area (Å²) >= 11 is 5.72.